The molecule has 1 amide bonds. The van der Waals surface area contributed by atoms with Crippen molar-refractivity contribution in [3.8, 4) is 0 Å². The number of unbranched alkanes of at least 4 members (excludes halogenated alkanes) is 3. The van der Waals surface area contributed by atoms with Crippen molar-refractivity contribution in [3.05, 3.63) is 0 Å². The molecule has 0 aromatic rings. The van der Waals surface area contributed by atoms with Gasteiger partial charge in [0.05, 0.1) is 6.61 Å². The van der Waals surface area contributed by atoms with Crippen LogP contribution >= 0.6 is 15.2 Å². The summed E-state index contributed by atoms with van der Waals surface area (Å²) in [5.41, 5.74) is 3.25. The molecule has 0 aromatic heterocycles. The van der Waals surface area contributed by atoms with Gasteiger partial charge >= 0.3 is 0 Å². The summed E-state index contributed by atoms with van der Waals surface area (Å²) in [6, 6.07) is 0. The highest BCUT2D eigenvalue weighted by Gasteiger charge is 2.43. The van der Waals surface area contributed by atoms with E-state index < -0.39 is 26.1 Å². The zero-order valence-electron chi connectivity index (χ0n) is 23.2. The minimum Gasteiger partial charge on any atom is -0.809 e. The Morgan fingerprint density at radius 3 is 1.57 bits per heavy atom. The number of amides is 1. The van der Waals surface area contributed by atoms with Crippen LogP contribution in [-0.4, -0.2) is 24.1 Å². The number of primary amides is 1. The number of hydrogen-bond donors (Lipinski definition) is 5. The third-order valence-corrected chi connectivity index (χ3v) is 9.13. The van der Waals surface area contributed by atoms with E-state index in [2.05, 4.69) is 36.3 Å². The second-order valence-corrected chi connectivity index (χ2v) is 12.3. The van der Waals surface area contributed by atoms with E-state index >= 15 is 0 Å². The van der Waals surface area contributed by atoms with Crippen molar-refractivity contribution in [3.63, 3.8) is 0 Å². The van der Waals surface area contributed by atoms with Crippen LogP contribution in [0.25, 0.3) is 0 Å². The fourth-order valence-electron chi connectivity index (χ4n) is 4.20. The molecule has 1 rings (SSSR count). The van der Waals surface area contributed by atoms with Gasteiger partial charge in [0.15, 0.2) is 0 Å². The highest BCUT2D eigenvalue weighted by atomic mass is 31.2. The van der Waals surface area contributed by atoms with Gasteiger partial charge in [0.2, 0.25) is 7.60 Å². The van der Waals surface area contributed by atoms with Crippen LogP contribution in [0.3, 0.4) is 0 Å². The molecule has 1 saturated carbocycles. The number of nitrogens with two attached hydrogens (primary N) is 1. The SMILES string of the molecule is CCCCNC1(P(=O)([O-])[O-])CCC(CCCC)(CCCC)CC1.CCOP(=O)([O-])C(N)=O.[NH4+].[NH4+].[NH4+]. The van der Waals surface area contributed by atoms with E-state index in [1.807, 2.05) is 0 Å². The van der Waals surface area contributed by atoms with Crippen LogP contribution < -0.4 is 44.2 Å². The number of quaternary nitrogens is 3. The molecule has 0 heterocycles. The molecule has 0 aliphatic heterocycles. The molecular formula is C21H55N5O7P2. The molecule has 15 N–H and O–H groups in total. The van der Waals surface area contributed by atoms with Gasteiger partial charge in [0.25, 0.3) is 5.65 Å². The summed E-state index contributed by atoms with van der Waals surface area (Å²) >= 11 is 0. The van der Waals surface area contributed by atoms with E-state index in [4.69, 9.17) is 0 Å². The number of hydrogen-bond acceptors (Lipinski definition) is 8. The fourth-order valence-corrected chi connectivity index (χ4v) is 5.75. The summed E-state index contributed by atoms with van der Waals surface area (Å²) in [6.45, 7) is 8.50. The van der Waals surface area contributed by atoms with E-state index in [-0.39, 0.29) is 30.5 Å². The molecule has 12 nitrogen and oxygen atoms in total. The molecule has 0 bridgehead atoms. The smallest absolute Gasteiger partial charge is 0.288 e. The Balaban J connectivity index is -0.000000345. The predicted octanol–water partition coefficient (Wildman–Crippen LogP) is 4.71. The summed E-state index contributed by atoms with van der Waals surface area (Å²) in [4.78, 5) is 44.1. The average Bonchev–Trinajstić information content (AvgIpc) is 2.72. The molecule has 0 radical (unpaired) electrons. The first kappa shape index (κ1) is 41.7. The summed E-state index contributed by atoms with van der Waals surface area (Å²) < 4.78 is 26.2. The topological polar surface area (TPSA) is 277 Å². The fraction of sp³-hybridized carbons (Fsp3) is 0.952. The van der Waals surface area contributed by atoms with Crippen molar-refractivity contribution in [2.24, 2.45) is 11.1 Å². The summed E-state index contributed by atoms with van der Waals surface area (Å²) in [7, 11) is -9.01. The van der Waals surface area contributed by atoms with Gasteiger partial charge in [0, 0.05) is 5.28 Å². The summed E-state index contributed by atoms with van der Waals surface area (Å²) in [6.07, 6.45) is 11.8. The lowest BCUT2D eigenvalue weighted by Gasteiger charge is -2.56. The van der Waals surface area contributed by atoms with E-state index in [1.54, 1.807) is 0 Å². The number of carbonyl (C=O) groups excluding carboxylic acids is 1. The second-order valence-electron chi connectivity index (χ2n) is 8.77. The van der Waals surface area contributed by atoms with Gasteiger partial charge in [-0.15, -0.1) is 0 Å². The molecule has 1 aliphatic carbocycles. The quantitative estimate of drug-likeness (QED) is 0.148. The maximum absolute atomic E-state index is 12.0. The standard InChI is InChI=1S/C18H38NO3P.C3H8NO4P.3H3N/c1-4-7-10-17(11-8-5-2)12-14-18(15-13-17,23(20,21)22)19-16-9-6-3;1-2-8-9(6,7)3(4)5;;;/h19H,4-16H2,1-3H3,(H2,20,21,22);2H2,1H3,(H2,4,5)(H,6,7);3*1H3. The highest BCUT2D eigenvalue weighted by molar-refractivity contribution is 7.69. The second kappa shape index (κ2) is 19.7. The lowest BCUT2D eigenvalue weighted by atomic mass is 9.66. The zero-order chi connectivity index (χ0) is 24.9. The maximum atomic E-state index is 12.0. The molecule has 0 aromatic carbocycles. The lowest BCUT2D eigenvalue weighted by molar-refractivity contribution is -0.323. The number of carbonyl (C=O) groups is 1. The van der Waals surface area contributed by atoms with Crippen LogP contribution in [0.5, 0.6) is 0 Å². The van der Waals surface area contributed by atoms with E-state index in [9.17, 15) is 28.6 Å². The van der Waals surface area contributed by atoms with Crippen molar-refractivity contribution in [1.82, 2.24) is 23.8 Å². The van der Waals surface area contributed by atoms with E-state index in [0.717, 1.165) is 25.7 Å². The Labute approximate surface area is 212 Å². The zero-order valence-corrected chi connectivity index (χ0v) is 25.0. The van der Waals surface area contributed by atoms with Crippen molar-refractivity contribution in [1.29, 1.82) is 0 Å². The van der Waals surface area contributed by atoms with Crippen molar-refractivity contribution in [2.45, 2.75) is 110 Å². The van der Waals surface area contributed by atoms with Gasteiger partial charge < -0.3 is 53.3 Å². The third-order valence-electron chi connectivity index (χ3n) is 6.34. The van der Waals surface area contributed by atoms with Gasteiger partial charge in [0.1, 0.15) is 0 Å². The average molecular weight is 552 g/mol. The van der Waals surface area contributed by atoms with Crippen molar-refractivity contribution < 1.29 is 33.1 Å². The summed E-state index contributed by atoms with van der Waals surface area (Å²) in [5.74, 6) is 0. The lowest BCUT2D eigenvalue weighted by Crippen LogP contribution is -2.54. The first-order valence-corrected chi connectivity index (χ1v) is 15.0. The third kappa shape index (κ3) is 14.2. The Morgan fingerprint density at radius 2 is 1.29 bits per heavy atom. The molecule has 0 spiro atoms. The van der Waals surface area contributed by atoms with Gasteiger partial charge in [-0.25, -0.2) is 0 Å². The Morgan fingerprint density at radius 1 is 0.857 bits per heavy atom. The monoisotopic (exact) mass is 551 g/mol. The normalized spacial score (nSPS) is 17.8. The van der Waals surface area contributed by atoms with Crippen molar-refractivity contribution >= 4 is 20.8 Å². The largest absolute Gasteiger partial charge is 0.809 e. The minimum absolute atomic E-state index is 0. The Hall–Kier alpha value is -0.390. The first-order valence-electron chi connectivity index (χ1n) is 11.9. The van der Waals surface area contributed by atoms with Crippen LogP contribution in [0, 0.1) is 5.41 Å². The van der Waals surface area contributed by atoms with Crippen LogP contribution in [-0.2, 0) is 13.7 Å². The Kier molecular flexibility index (Phi) is 23.5. The van der Waals surface area contributed by atoms with Gasteiger partial charge in [-0.1, -0.05) is 52.9 Å². The van der Waals surface area contributed by atoms with Crippen molar-refractivity contribution in [2.75, 3.05) is 13.2 Å². The van der Waals surface area contributed by atoms with E-state index in [0.29, 0.717) is 19.4 Å². The number of rotatable bonds is 14. The molecule has 1 fully saturated rings. The minimum atomic E-state index is -4.63. The van der Waals surface area contributed by atoms with Crippen LogP contribution in [0.4, 0.5) is 4.79 Å². The molecule has 35 heavy (non-hydrogen) atoms. The van der Waals surface area contributed by atoms with Crippen LogP contribution in [0.15, 0.2) is 0 Å². The molecule has 1 aliphatic rings. The predicted molar refractivity (Wildman–Crippen MR) is 140 cm³/mol. The molecular weight excluding hydrogens is 496 g/mol. The first-order chi connectivity index (χ1) is 14.9. The highest BCUT2D eigenvalue weighted by Crippen LogP contribution is 2.56. The van der Waals surface area contributed by atoms with Gasteiger partial charge in [-0.05, 0) is 71.4 Å². The maximum Gasteiger partial charge on any atom is 0.288 e. The van der Waals surface area contributed by atoms with Crippen LogP contribution in [0.1, 0.15) is 105 Å². The van der Waals surface area contributed by atoms with Gasteiger partial charge in [-0.3, -0.25) is 9.36 Å². The molecule has 216 valence electrons. The molecule has 14 heteroatoms. The van der Waals surface area contributed by atoms with E-state index in [1.165, 1.54) is 45.4 Å². The number of nitrogens with one attached hydrogen (secondary N) is 1. The van der Waals surface area contributed by atoms with Crippen LogP contribution in [0.2, 0.25) is 0 Å². The Bertz CT molecular complexity index is 632. The summed E-state index contributed by atoms with van der Waals surface area (Å²) in [5, 5.41) is 1.95. The van der Waals surface area contributed by atoms with Gasteiger partial charge in [-0.2, -0.15) is 0 Å². The molecule has 0 saturated heterocycles. The molecule has 1 atom stereocenters. The molecule has 1 unspecified atom stereocenters.